The summed E-state index contributed by atoms with van der Waals surface area (Å²) >= 11 is 4.90. The van der Waals surface area contributed by atoms with Gasteiger partial charge in [0.2, 0.25) is 0 Å². The van der Waals surface area contributed by atoms with Gasteiger partial charge in [-0.1, -0.05) is 0 Å². The van der Waals surface area contributed by atoms with Crippen LogP contribution in [0, 0.1) is 6.92 Å². The Morgan fingerprint density at radius 3 is 2.57 bits per heavy atom. The predicted molar refractivity (Wildman–Crippen MR) is 117 cm³/mol. The number of aryl methyl sites for hydroxylation is 1. The summed E-state index contributed by atoms with van der Waals surface area (Å²) in [5.41, 5.74) is 2.34. The number of halogens is 1. The highest BCUT2D eigenvalue weighted by molar-refractivity contribution is 9.10. The monoisotopic (exact) mass is 488 g/mol. The van der Waals surface area contributed by atoms with Crippen molar-refractivity contribution in [2.24, 2.45) is 0 Å². The summed E-state index contributed by atoms with van der Waals surface area (Å²) in [7, 11) is 0. The highest BCUT2D eigenvalue weighted by Gasteiger charge is 2.37. The van der Waals surface area contributed by atoms with Crippen molar-refractivity contribution in [3.63, 3.8) is 0 Å². The molecule has 0 aromatic carbocycles. The number of rotatable bonds is 3. The average molecular weight is 489 g/mol. The number of pyridine rings is 1. The Morgan fingerprint density at radius 1 is 1.10 bits per heavy atom. The van der Waals surface area contributed by atoms with Gasteiger partial charge in [-0.25, -0.2) is 9.97 Å². The fourth-order valence-electron chi connectivity index (χ4n) is 3.98. The second kappa shape index (κ2) is 7.75. The molecule has 0 radical (unpaired) electrons. The van der Waals surface area contributed by atoms with Gasteiger partial charge in [0.1, 0.15) is 11.3 Å². The number of imidazole rings is 1. The maximum absolute atomic E-state index is 12.8. The number of hydrogen-bond donors (Lipinski definition) is 0. The summed E-state index contributed by atoms with van der Waals surface area (Å²) in [6.07, 6.45) is 5.38. The number of piperazine rings is 1. The van der Waals surface area contributed by atoms with Gasteiger partial charge in [0, 0.05) is 73.8 Å². The Bertz CT molecular complexity index is 1060. The molecule has 2 aliphatic rings. The molecule has 0 unspecified atom stereocenters. The third kappa shape index (κ3) is 3.52. The summed E-state index contributed by atoms with van der Waals surface area (Å²) in [5.74, 6) is -0.00917. The van der Waals surface area contributed by atoms with Crippen LogP contribution in [0.3, 0.4) is 0 Å². The molecule has 0 bridgehead atoms. The molecule has 2 amide bonds. The molecule has 3 aromatic rings. The van der Waals surface area contributed by atoms with E-state index in [9.17, 15) is 9.59 Å². The van der Waals surface area contributed by atoms with Crippen LogP contribution < -0.4 is 0 Å². The van der Waals surface area contributed by atoms with Crippen LogP contribution in [0.5, 0.6) is 0 Å². The molecule has 0 N–H and O–H groups in total. The molecule has 8 nitrogen and oxygen atoms in total. The van der Waals surface area contributed by atoms with Crippen molar-refractivity contribution in [2.45, 2.75) is 13.0 Å². The van der Waals surface area contributed by atoms with Gasteiger partial charge in [0.05, 0.1) is 0 Å². The fourth-order valence-corrected chi connectivity index (χ4v) is 4.91. The quantitative estimate of drug-likeness (QED) is 0.564. The number of fused-ring (bicyclic) bond motifs is 1. The van der Waals surface area contributed by atoms with Crippen LogP contribution in [0.4, 0.5) is 0 Å². The van der Waals surface area contributed by atoms with Crippen LogP contribution in [0.15, 0.2) is 34.5 Å². The van der Waals surface area contributed by atoms with Crippen molar-refractivity contribution in [1.82, 2.24) is 29.1 Å². The second-order valence-electron chi connectivity index (χ2n) is 7.73. The van der Waals surface area contributed by atoms with E-state index in [1.165, 1.54) is 11.3 Å². The van der Waals surface area contributed by atoms with Crippen molar-refractivity contribution in [1.29, 1.82) is 0 Å². The Labute approximate surface area is 186 Å². The van der Waals surface area contributed by atoms with E-state index in [-0.39, 0.29) is 11.8 Å². The van der Waals surface area contributed by atoms with E-state index < -0.39 is 0 Å². The lowest BCUT2D eigenvalue weighted by Crippen LogP contribution is -2.64. The number of carbonyl (C=O) groups is 2. The number of thiazole rings is 1. The first kappa shape index (κ1) is 19.7. The third-order valence-corrected chi connectivity index (χ3v) is 7.43. The number of nitrogens with zero attached hydrogens (tertiary/aromatic N) is 6. The van der Waals surface area contributed by atoms with Gasteiger partial charge in [-0.15, -0.1) is 11.3 Å². The Morgan fingerprint density at radius 2 is 1.87 bits per heavy atom. The smallest absolute Gasteiger partial charge is 0.282 e. The lowest BCUT2D eigenvalue weighted by Gasteiger charge is -2.47. The summed E-state index contributed by atoms with van der Waals surface area (Å²) in [5, 5.41) is 2.38. The van der Waals surface area contributed by atoms with Crippen LogP contribution >= 0.6 is 27.3 Å². The lowest BCUT2D eigenvalue weighted by molar-refractivity contribution is 0.00826. The van der Waals surface area contributed by atoms with Crippen molar-refractivity contribution >= 4 is 44.7 Å². The topological polar surface area (TPSA) is 74.1 Å². The molecule has 30 heavy (non-hydrogen) atoms. The van der Waals surface area contributed by atoms with E-state index in [1.807, 2.05) is 38.8 Å². The van der Waals surface area contributed by atoms with E-state index in [0.29, 0.717) is 42.9 Å². The van der Waals surface area contributed by atoms with Gasteiger partial charge >= 0.3 is 0 Å². The van der Waals surface area contributed by atoms with Crippen LogP contribution in [0.25, 0.3) is 5.65 Å². The molecule has 2 saturated heterocycles. The Balaban J connectivity index is 1.16. The molecule has 0 aliphatic carbocycles. The zero-order chi connectivity index (χ0) is 20.8. The Kier molecular flexibility index (Phi) is 5.08. The predicted octanol–water partition coefficient (Wildman–Crippen LogP) is 2.14. The molecule has 156 valence electrons. The highest BCUT2D eigenvalue weighted by atomic mass is 79.9. The van der Waals surface area contributed by atoms with E-state index in [0.717, 1.165) is 28.8 Å². The van der Waals surface area contributed by atoms with Gasteiger partial charge < -0.3 is 14.2 Å². The molecular formula is C20H21BrN6O2S. The van der Waals surface area contributed by atoms with Crippen molar-refractivity contribution in [2.75, 3.05) is 39.3 Å². The minimum atomic E-state index is -0.0266. The van der Waals surface area contributed by atoms with Gasteiger partial charge in [-0.05, 0) is 34.5 Å². The number of hydrogen-bond acceptors (Lipinski definition) is 6. The lowest BCUT2D eigenvalue weighted by atomic mass is 10.1. The van der Waals surface area contributed by atoms with E-state index in [2.05, 4.69) is 30.8 Å². The summed E-state index contributed by atoms with van der Waals surface area (Å²) in [6, 6.07) is 2.31. The van der Waals surface area contributed by atoms with Crippen molar-refractivity contribution in [3.8, 4) is 0 Å². The Hall–Kier alpha value is -2.30. The first-order valence-corrected chi connectivity index (χ1v) is 11.5. The molecule has 5 heterocycles. The number of aromatic nitrogens is 3. The number of amides is 2. The van der Waals surface area contributed by atoms with Crippen LogP contribution in [0.2, 0.25) is 0 Å². The molecule has 5 rings (SSSR count). The SMILES string of the molecule is Cc1cc2nc(C(=O)N3CC(N4CCN(C(=O)c5nccs5)CC4)C3)cn2cc1Br. The molecule has 10 heteroatoms. The van der Waals surface area contributed by atoms with Crippen LogP contribution in [0.1, 0.15) is 25.9 Å². The van der Waals surface area contributed by atoms with Crippen LogP contribution in [-0.4, -0.2) is 86.2 Å². The van der Waals surface area contributed by atoms with Crippen molar-refractivity contribution in [3.05, 3.63) is 50.8 Å². The highest BCUT2D eigenvalue weighted by Crippen LogP contribution is 2.22. The standard InChI is InChI=1S/C20H21BrN6O2S/c1-13-8-17-23-16(12-26(17)11-15(13)21)19(28)27-9-14(10-27)24-3-5-25(6-4-24)20(29)18-22-2-7-30-18/h2,7-8,11-12,14H,3-6,9-10H2,1H3. The van der Waals surface area contributed by atoms with Crippen LogP contribution in [-0.2, 0) is 0 Å². The van der Waals surface area contributed by atoms with Gasteiger partial charge in [-0.2, -0.15) is 0 Å². The average Bonchev–Trinajstić information content (AvgIpc) is 3.37. The molecular weight excluding hydrogens is 468 g/mol. The van der Waals surface area contributed by atoms with E-state index in [4.69, 9.17) is 0 Å². The second-order valence-corrected chi connectivity index (χ2v) is 9.47. The third-order valence-electron chi connectivity index (χ3n) is 5.84. The molecule has 0 atom stereocenters. The minimum Gasteiger partial charge on any atom is -0.334 e. The zero-order valence-electron chi connectivity index (χ0n) is 16.5. The summed E-state index contributed by atoms with van der Waals surface area (Å²) in [6.45, 7) is 6.46. The minimum absolute atomic E-state index is 0.0174. The summed E-state index contributed by atoms with van der Waals surface area (Å²) < 4.78 is 2.86. The molecule has 2 aliphatic heterocycles. The van der Waals surface area contributed by atoms with Crippen molar-refractivity contribution < 1.29 is 9.59 Å². The normalized spacial score (nSPS) is 18.1. The first-order chi connectivity index (χ1) is 14.5. The van der Waals surface area contributed by atoms with E-state index >= 15 is 0 Å². The number of likely N-dealkylation sites (tertiary alicyclic amines) is 1. The maximum atomic E-state index is 12.8. The molecule has 0 saturated carbocycles. The number of carbonyl (C=O) groups excluding carboxylic acids is 2. The van der Waals surface area contributed by atoms with E-state index in [1.54, 1.807) is 12.4 Å². The molecule has 0 spiro atoms. The zero-order valence-corrected chi connectivity index (χ0v) is 18.9. The first-order valence-electron chi connectivity index (χ1n) is 9.86. The molecule has 2 fully saturated rings. The fraction of sp³-hybridized carbons (Fsp3) is 0.400. The van der Waals surface area contributed by atoms with Gasteiger partial charge in [0.25, 0.3) is 11.8 Å². The largest absolute Gasteiger partial charge is 0.334 e. The maximum Gasteiger partial charge on any atom is 0.282 e. The van der Waals surface area contributed by atoms with Gasteiger partial charge in [-0.3, -0.25) is 14.5 Å². The summed E-state index contributed by atoms with van der Waals surface area (Å²) in [4.78, 5) is 40.0. The van der Waals surface area contributed by atoms with Gasteiger partial charge in [0.15, 0.2) is 5.01 Å². The molecule has 3 aromatic heterocycles.